The Morgan fingerprint density at radius 1 is 1.23 bits per heavy atom. The molecule has 3 aromatic rings. The van der Waals surface area contributed by atoms with Crippen molar-refractivity contribution in [3.8, 4) is 0 Å². The quantitative estimate of drug-likeness (QED) is 0.528. The van der Waals surface area contributed by atoms with Crippen LogP contribution >= 0.6 is 0 Å². The minimum Gasteiger partial charge on any atom is -0.478 e. The summed E-state index contributed by atoms with van der Waals surface area (Å²) in [6.45, 7) is 6.82. The Labute approximate surface area is 182 Å². The van der Waals surface area contributed by atoms with Crippen LogP contribution in [0.1, 0.15) is 55.3 Å². The van der Waals surface area contributed by atoms with Gasteiger partial charge in [0.25, 0.3) is 10.0 Å². The molecular formula is C24H27NO5S. The summed E-state index contributed by atoms with van der Waals surface area (Å²) < 4.78 is 34.3. The van der Waals surface area contributed by atoms with Crippen LogP contribution in [0.2, 0.25) is 0 Å². The molecule has 1 aliphatic carbocycles. The number of benzene rings is 2. The van der Waals surface area contributed by atoms with Gasteiger partial charge in [0.05, 0.1) is 10.5 Å². The number of hydrogen-bond donors (Lipinski definition) is 2. The molecule has 0 spiro atoms. The molecule has 6 nitrogen and oxygen atoms in total. The van der Waals surface area contributed by atoms with Gasteiger partial charge in [0, 0.05) is 23.1 Å². The number of rotatable bonds is 6. The highest BCUT2D eigenvalue weighted by molar-refractivity contribution is 7.92. The first kappa shape index (κ1) is 21.4. The third-order valence-electron chi connectivity index (χ3n) is 6.70. The van der Waals surface area contributed by atoms with Gasteiger partial charge >= 0.3 is 5.97 Å². The number of nitrogens with one attached hydrogen (secondary N) is 1. The molecule has 164 valence electrons. The first-order valence-electron chi connectivity index (χ1n) is 10.5. The highest BCUT2D eigenvalue weighted by Crippen LogP contribution is 2.43. The van der Waals surface area contributed by atoms with Gasteiger partial charge in [-0.1, -0.05) is 33.3 Å². The standard InChI is InChI=1S/C24H27NO5S/c1-4-24(2,3)16-8-10-21-19(13-16)20-14-17(9-11-22(20)30-21)25-31(28,29)18-7-5-6-15(12-18)23(26)27/h5-7,9,11-12,14,16,25H,4,8,10,13H2,1-3H3,(H,26,27). The van der Waals surface area contributed by atoms with Gasteiger partial charge in [-0.3, -0.25) is 4.72 Å². The molecule has 1 aliphatic rings. The van der Waals surface area contributed by atoms with Crippen molar-refractivity contribution >= 4 is 32.6 Å². The summed E-state index contributed by atoms with van der Waals surface area (Å²) in [5.41, 5.74) is 2.51. The summed E-state index contributed by atoms with van der Waals surface area (Å²) in [4.78, 5) is 11.1. The maximum absolute atomic E-state index is 12.8. The number of aromatic carboxylic acids is 1. The lowest BCUT2D eigenvalue weighted by Gasteiger charge is -2.36. The van der Waals surface area contributed by atoms with E-state index >= 15 is 0 Å². The number of anilines is 1. The van der Waals surface area contributed by atoms with E-state index in [9.17, 15) is 13.2 Å². The second-order valence-corrected chi connectivity index (χ2v) is 10.6. The summed E-state index contributed by atoms with van der Waals surface area (Å²) in [7, 11) is -3.92. The number of hydrogen-bond acceptors (Lipinski definition) is 4. The smallest absolute Gasteiger partial charge is 0.335 e. The van der Waals surface area contributed by atoms with Crippen LogP contribution in [0.15, 0.2) is 51.8 Å². The molecule has 0 bridgehead atoms. The summed E-state index contributed by atoms with van der Waals surface area (Å²) in [6.07, 6.45) is 4.00. The number of furan rings is 1. The van der Waals surface area contributed by atoms with Crippen molar-refractivity contribution in [3.05, 3.63) is 59.4 Å². The molecule has 1 unspecified atom stereocenters. The van der Waals surface area contributed by atoms with E-state index in [1.165, 1.54) is 23.8 Å². The molecule has 1 heterocycles. The van der Waals surface area contributed by atoms with Crippen LogP contribution in [0.3, 0.4) is 0 Å². The zero-order chi connectivity index (χ0) is 22.4. The Kier molecular flexibility index (Phi) is 5.33. The van der Waals surface area contributed by atoms with Gasteiger partial charge in [-0.15, -0.1) is 0 Å². The minimum absolute atomic E-state index is 0.0770. The molecular weight excluding hydrogens is 414 g/mol. The Bertz CT molecular complexity index is 1260. The topological polar surface area (TPSA) is 96.6 Å². The molecule has 0 amide bonds. The Morgan fingerprint density at radius 3 is 2.71 bits per heavy atom. The summed E-state index contributed by atoms with van der Waals surface area (Å²) in [5, 5.41) is 10.1. The maximum Gasteiger partial charge on any atom is 0.335 e. The average Bonchev–Trinajstić information content (AvgIpc) is 3.11. The van der Waals surface area contributed by atoms with Crippen LogP contribution in [0.25, 0.3) is 11.0 Å². The lowest BCUT2D eigenvalue weighted by atomic mass is 9.69. The summed E-state index contributed by atoms with van der Waals surface area (Å²) in [6, 6.07) is 10.6. The van der Waals surface area contributed by atoms with Crippen molar-refractivity contribution < 1.29 is 22.7 Å². The average molecular weight is 442 g/mol. The summed E-state index contributed by atoms with van der Waals surface area (Å²) in [5.74, 6) is 0.366. The molecule has 0 radical (unpaired) electrons. The highest BCUT2D eigenvalue weighted by atomic mass is 32.2. The SMILES string of the molecule is CCC(C)(C)C1CCc2oc3ccc(NS(=O)(=O)c4cccc(C(=O)O)c4)cc3c2C1. The predicted molar refractivity (Wildman–Crippen MR) is 120 cm³/mol. The number of sulfonamides is 1. The minimum atomic E-state index is -3.92. The van der Waals surface area contributed by atoms with Gasteiger partial charge < -0.3 is 9.52 Å². The number of carboxylic acids is 1. The van der Waals surface area contributed by atoms with E-state index in [2.05, 4.69) is 25.5 Å². The van der Waals surface area contributed by atoms with Crippen LogP contribution in [0, 0.1) is 11.3 Å². The van der Waals surface area contributed by atoms with Gasteiger partial charge in [0.1, 0.15) is 11.3 Å². The van der Waals surface area contributed by atoms with Gasteiger partial charge in [-0.05, 0) is 60.6 Å². The van der Waals surface area contributed by atoms with Gasteiger partial charge in [0.2, 0.25) is 0 Å². The molecule has 1 atom stereocenters. The molecule has 7 heteroatoms. The third kappa shape index (κ3) is 4.06. The van der Waals surface area contributed by atoms with Crippen molar-refractivity contribution in [2.75, 3.05) is 4.72 Å². The van der Waals surface area contributed by atoms with E-state index in [0.29, 0.717) is 11.6 Å². The van der Waals surface area contributed by atoms with Gasteiger partial charge in [-0.2, -0.15) is 0 Å². The molecule has 31 heavy (non-hydrogen) atoms. The molecule has 0 fully saturated rings. The van der Waals surface area contributed by atoms with Crippen molar-refractivity contribution in [3.63, 3.8) is 0 Å². The van der Waals surface area contributed by atoms with Gasteiger partial charge in [0.15, 0.2) is 0 Å². The molecule has 4 rings (SSSR count). The third-order valence-corrected chi connectivity index (χ3v) is 8.08. The highest BCUT2D eigenvalue weighted by Gasteiger charge is 2.33. The monoisotopic (exact) mass is 441 g/mol. The second-order valence-electron chi connectivity index (χ2n) is 8.94. The number of carbonyl (C=O) groups is 1. The molecule has 0 saturated heterocycles. The first-order valence-corrected chi connectivity index (χ1v) is 12.0. The summed E-state index contributed by atoms with van der Waals surface area (Å²) >= 11 is 0. The van der Waals surface area contributed by atoms with E-state index in [4.69, 9.17) is 9.52 Å². The fourth-order valence-electron chi connectivity index (χ4n) is 4.31. The molecule has 0 aliphatic heterocycles. The van der Waals surface area contributed by atoms with E-state index < -0.39 is 16.0 Å². The molecule has 2 N–H and O–H groups in total. The fourth-order valence-corrected chi connectivity index (χ4v) is 5.40. The van der Waals surface area contributed by atoms with Crippen molar-refractivity contribution in [2.45, 2.75) is 51.3 Å². The predicted octanol–water partition coefficient (Wildman–Crippen LogP) is 5.47. The normalized spacial score (nSPS) is 16.8. The Balaban J connectivity index is 1.67. The fraction of sp³-hybridized carbons (Fsp3) is 0.375. The van der Waals surface area contributed by atoms with E-state index in [-0.39, 0.29) is 15.9 Å². The zero-order valence-corrected chi connectivity index (χ0v) is 18.8. The van der Waals surface area contributed by atoms with Crippen molar-refractivity contribution in [2.24, 2.45) is 11.3 Å². The second kappa shape index (κ2) is 7.71. The molecule has 0 saturated carbocycles. The number of aryl methyl sites for hydroxylation is 1. The molecule has 1 aromatic heterocycles. The van der Waals surface area contributed by atoms with Crippen molar-refractivity contribution in [1.29, 1.82) is 0 Å². The van der Waals surface area contributed by atoms with Crippen LogP contribution < -0.4 is 4.72 Å². The first-order chi connectivity index (χ1) is 14.6. The van der Waals surface area contributed by atoms with E-state index in [0.717, 1.165) is 48.5 Å². The van der Waals surface area contributed by atoms with Crippen LogP contribution in [-0.4, -0.2) is 19.5 Å². The molecule has 2 aromatic carbocycles. The Hall–Kier alpha value is -2.80. The van der Waals surface area contributed by atoms with Crippen LogP contribution in [0.5, 0.6) is 0 Å². The van der Waals surface area contributed by atoms with Crippen molar-refractivity contribution in [1.82, 2.24) is 0 Å². The van der Waals surface area contributed by atoms with E-state index in [1.54, 1.807) is 12.1 Å². The largest absolute Gasteiger partial charge is 0.478 e. The number of carboxylic acid groups (broad SMARTS) is 1. The zero-order valence-electron chi connectivity index (χ0n) is 17.9. The van der Waals surface area contributed by atoms with E-state index in [1.807, 2.05) is 6.07 Å². The lowest BCUT2D eigenvalue weighted by Crippen LogP contribution is -2.28. The number of fused-ring (bicyclic) bond motifs is 3. The maximum atomic E-state index is 12.8. The lowest BCUT2D eigenvalue weighted by molar-refractivity contribution is 0.0696. The van der Waals surface area contributed by atoms with Crippen LogP contribution in [0.4, 0.5) is 5.69 Å². The van der Waals surface area contributed by atoms with Crippen LogP contribution in [-0.2, 0) is 22.9 Å². The van der Waals surface area contributed by atoms with Gasteiger partial charge in [-0.25, -0.2) is 13.2 Å². The Morgan fingerprint density at radius 2 is 2.00 bits per heavy atom.